The Bertz CT molecular complexity index is 1090. The van der Waals surface area contributed by atoms with E-state index >= 15 is 0 Å². The first-order chi connectivity index (χ1) is 17.1. The monoisotopic (exact) mass is 510 g/mol. The van der Waals surface area contributed by atoms with E-state index in [4.69, 9.17) is 4.74 Å². The molecular weight excluding hydrogens is 464 g/mol. The van der Waals surface area contributed by atoms with E-state index < -0.39 is 5.97 Å². The van der Waals surface area contributed by atoms with E-state index in [0.29, 0.717) is 29.6 Å². The van der Waals surface area contributed by atoms with Gasteiger partial charge in [0, 0.05) is 29.7 Å². The molecule has 5 heteroatoms. The van der Waals surface area contributed by atoms with Gasteiger partial charge in [-0.2, -0.15) is 0 Å². The van der Waals surface area contributed by atoms with Crippen molar-refractivity contribution in [1.29, 1.82) is 0 Å². The molecule has 2 fully saturated rings. The van der Waals surface area contributed by atoms with Crippen LogP contribution in [0.5, 0.6) is 0 Å². The van der Waals surface area contributed by atoms with Gasteiger partial charge in [-0.05, 0) is 85.2 Å². The van der Waals surface area contributed by atoms with Crippen LogP contribution in [-0.2, 0) is 19.1 Å². The van der Waals surface area contributed by atoms with E-state index in [-0.39, 0.29) is 39.7 Å². The molecule has 0 aromatic rings. The van der Waals surface area contributed by atoms with Crippen molar-refractivity contribution in [1.82, 2.24) is 0 Å². The third-order valence-electron chi connectivity index (χ3n) is 11.5. The van der Waals surface area contributed by atoms with Crippen molar-refractivity contribution in [2.45, 2.75) is 106 Å². The fourth-order valence-corrected chi connectivity index (χ4v) is 8.94. The number of carboxylic acids is 1. The molecule has 0 aromatic heterocycles. The number of carbonyl (C=O) groups is 3. The maximum atomic E-state index is 12.9. The maximum Gasteiger partial charge on any atom is 0.330 e. The highest BCUT2D eigenvalue weighted by Gasteiger charge is 2.67. The number of allylic oxidation sites excluding steroid dienone is 4. The minimum Gasteiger partial charge on any atom is -0.478 e. The number of fused-ring (bicyclic) bond motifs is 5. The molecule has 0 heterocycles. The van der Waals surface area contributed by atoms with Gasteiger partial charge in [0.15, 0.2) is 0 Å². The molecule has 0 bridgehead atoms. The molecule has 0 saturated heterocycles. The molecule has 204 valence electrons. The number of rotatable bonds is 6. The van der Waals surface area contributed by atoms with Crippen LogP contribution in [0.2, 0.25) is 0 Å². The van der Waals surface area contributed by atoms with E-state index in [9.17, 15) is 19.5 Å². The Morgan fingerprint density at radius 1 is 1.14 bits per heavy atom. The Morgan fingerprint density at radius 2 is 1.81 bits per heavy atom. The zero-order valence-corrected chi connectivity index (χ0v) is 24.1. The predicted molar refractivity (Wildman–Crippen MR) is 145 cm³/mol. The highest BCUT2D eigenvalue weighted by atomic mass is 16.5. The lowest BCUT2D eigenvalue weighted by Crippen LogP contribution is -2.55. The molecule has 4 aliphatic carbocycles. The Balaban J connectivity index is 1.73. The van der Waals surface area contributed by atoms with E-state index in [0.717, 1.165) is 38.5 Å². The fraction of sp³-hybridized carbons (Fsp3) is 0.719. The van der Waals surface area contributed by atoms with Crippen LogP contribution in [0.15, 0.2) is 34.9 Å². The van der Waals surface area contributed by atoms with Gasteiger partial charge in [-0.3, -0.25) is 9.59 Å². The second-order valence-corrected chi connectivity index (χ2v) is 13.6. The predicted octanol–water partition coefficient (Wildman–Crippen LogP) is 7.07. The number of ketones is 1. The molecule has 0 aromatic carbocycles. The third kappa shape index (κ3) is 4.06. The molecular formula is C32H46O5. The van der Waals surface area contributed by atoms with Crippen molar-refractivity contribution in [3.8, 4) is 0 Å². The maximum absolute atomic E-state index is 12.9. The lowest BCUT2D eigenvalue weighted by molar-refractivity contribution is -0.152. The first-order valence-corrected chi connectivity index (χ1v) is 14.1. The summed E-state index contributed by atoms with van der Waals surface area (Å²) in [4.78, 5) is 36.4. The van der Waals surface area contributed by atoms with Crippen LogP contribution in [0, 0.1) is 39.4 Å². The first-order valence-electron chi connectivity index (χ1n) is 14.1. The number of Topliss-reactive ketones (excluding diaryl/α,β-unsaturated/α-hetero) is 1. The minimum absolute atomic E-state index is 0.0601. The van der Waals surface area contributed by atoms with Gasteiger partial charge >= 0.3 is 11.9 Å². The number of carbonyl (C=O) groups excluding carboxylic acids is 2. The highest BCUT2D eigenvalue weighted by Crippen LogP contribution is 2.72. The van der Waals surface area contributed by atoms with Gasteiger partial charge in [-0.25, -0.2) is 4.79 Å². The van der Waals surface area contributed by atoms with Crippen molar-refractivity contribution in [3.05, 3.63) is 34.9 Å². The summed E-state index contributed by atoms with van der Waals surface area (Å²) in [6.07, 6.45) is 12.2. The summed E-state index contributed by atoms with van der Waals surface area (Å²) in [7, 11) is 0. The van der Waals surface area contributed by atoms with Gasteiger partial charge in [-0.1, -0.05) is 59.8 Å². The zero-order valence-electron chi connectivity index (χ0n) is 24.1. The van der Waals surface area contributed by atoms with Gasteiger partial charge in [0.05, 0.1) is 0 Å². The number of hydrogen-bond donors (Lipinski definition) is 1. The van der Waals surface area contributed by atoms with Gasteiger partial charge in [0.2, 0.25) is 0 Å². The van der Waals surface area contributed by atoms with Crippen molar-refractivity contribution in [2.24, 2.45) is 39.4 Å². The van der Waals surface area contributed by atoms with Crippen LogP contribution in [0.3, 0.4) is 0 Å². The SMILES string of the molecule is CC(=O)O[C@H]1CC([C@H](C)CC/C=C(\C)C(=O)O)[C@@]2(C)CC=C3C(=CC[C@H]4C(C)(C)C(=O)CC[C@]34C)[C@]12C. The first kappa shape index (κ1) is 27.9. The molecule has 37 heavy (non-hydrogen) atoms. The normalized spacial score (nSPS) is 39.5. The fourth-order valence-electron chi connectivity index (χ4n) is 8.94. The average Bonchev–Trinajstić information content (AvgIpc) is 3.03. The largest absolute Gasteiger partial charge is 0.478 e. The van der Waals surface area contributed by atoms with Crippen molar-refractivity contribution < 1.29 is 24.2 Å². The van der Waals surface area contributed by atoms with Crippen LogP contribution in [0.4, 0.5) is 0 Å². The Kier molecular flexibility index (Phi) is 6.95. The van der Waals surface area contributed by atoms with Crippen molar-refractivity contribution in [3.63, 3.8) is 0 Å². The van der Waals surface area contributed by atoms with E-state index in [1.807, 2.05) is 6.08 Å². The third-order valence-corrected chi connectivity index (χ3v) is 11.5. The standard InChI is InChI=1S/C32H46O5/c1-19(10-9-11-20(2)28(35)36)24-18-27(37-21(3)33)32(8)23-12-13-25-29(4,5)26(34)15-16-30(25,6)22(23)14-17-31(24,32)7/h11-12,14,19,24-25,27H,9-10,13,15-18H2,1-8H3,(H,35,36)/b20-11+/t19-,24?,25+,27+,30-,31-,32-/m1/s1. The summed E-state index contributed by atoms with van der Waals surface area (Å²) in [5.41, 5.74) is 2.31. The molecule has 5 nitrogen and oxygen atoms in total. The molecule has 2 saturated carbocycles. The van der Waals surface area contributed by atoms with E-state index in [2.05, 4.69) is 53.7 Å². The summed E-state index contributed by atoms with van der Waals surface area (Å²) >= 11 is 0. The number of ether oxygens (including phenoxy) is 1. The number of hydrogen-bond acceptors (Lipinski definition) is 4. The quantitative estimate of drug-likeness (QED) is 0.305. The summed E-state index contributed by atoms with van der Waals surface area (Å²) in [5, 5.41) is 9.22. The Labute approximate surface area is 222 Å². The topological polar surface area (TPSA) is 80.7 Å². The molecule has 4 aliphatic rings. The molecule has 1 unspecified atom stereocenters. The van der Waals surface area contributed by atoms with E-state index in [1.54, 1.807) is 6.92 Å². The number of aliphatic carboxylic acids is 1. The minimum atomic E-state index is -0.864. The molecule has 0 amide bonds. The molecule has 0 aliphatic heterocycles. The van der Waals surface area contributed by atoms with Crippen LogP contribution < -0.4 is 0 Å². The lowest BCUT2D eigenvalue weighted by Gasteiger charge is -2.60. The molecule has 0 spiro atoms. The van der Waals surface area contributed by atoms with Crippen molar-refractivity contribution in [2.75, 3.05) is 0 Å². The second kappa shape index (κ2) is 9.24. The van der Waals surface area contributed by atoms with Crippen LogP contribution in [0.1, 0.15) is 100 Å². The zero-order chi connectivity index (χ0) is 27.6. The number of carboxylic acid groups (broad SMARTS) is 1. The Morgan fingerprint density at radius 3 is 2.43 bits per heavy atom. The molecule has 4 rings (SSSR count). The van der Waals surface area contributed by atoms with Crippen LogP contribution in [0.25, 0.3) is 0 Å². The van der Waals surface area contributed by atoms with Gasteiger partial charge in [-0.15, -0.1) is 0 Å². The molecule has 1 N–H and O–H groups in total. The smallest absolute Gasteiger partial charge is 0.330 e. The lowest BCUT2D eigenvalue weighted by atomic mass is 9.44. The second-order valence-electron chi connectivity index (χ2n) is 13.6. The molecule has 7 atom stereocenters. The van der Waals surface area contributed by atoms with Gasteiger partial charge in [0.25, 0.3) is 0 Å². The summed E-state index contributed by atoms with van der Waals surface area (Å²) in [6, 6.07) is 0. The number of esters is 1. The van der Waals surface area contributed by atoms with Crippen LogP contribution in [-0.4, -0.2) is 28.9 Å². The van der Waals surface area contributed by atoms with Gasteiger partial charge < -0.3 is 9.84 Å². The highest BCUT2D eigenvalue weighted by molar-refractivity contribution is 5.86. The summed E-state index contributed by atoms with van der Waals surface area (Å²) in [5.74, 6) is 0.251. The van der Waals surface area contributed by atoms with Gasteiger partial charge in [0.1, 0.15) is 11.9 Å². The van der Waals surface area contributed by atoms with Crippen LogP contribution >= 0.6 is 0 Å². The average molecular weight is 511 g/mol. The van der Waals surface area contributed by atoms with E-state index in [1.165, 1.54) is 18.1 Å². The Hall–Kier alpha value is -2.17. The summed E-state index contributed by atoms with van der Waals surface area (Å²) < 4.78 is 6.13. The molecule has 0 radical (unpaired) electrons. The summed E-state index contributed by atoms with van der Waals surface area (Å²) in [6.45, 7) is 16.8. The van der Waals surface area contributed by atoms with Crippen molar-refractivity contribution >= 4 is 17.7 Å².